The van der Waals surface area contributed by atoms with E-state index in [0.717, 1.165) is 30.6 Å². The fourth-order valence-corrected chi connectivity index (χ4v) is 3.38. The molecular weight excluding hydrogens is 340 g/mol. The molecule has 0 aromatic heterocycles. The van der Waals surface area contributed by atoms with Gasteiger partial charge >= 0.3 is 5.97 Å². The predicted molar refractivity (Wildman–Crippen MR) is 106 cm³/mol. The van der Waals surface area contributed by atoms with Crippen LogP contribution in [-0.2, 0) is 4.74 Å². The fourth-order valence-electron chi connectivity index (χ4n) is 3.38. The van der Waals surface area contributed by atoms with Gasteiger partial charge in [0, 0.05) is 24.7 Å². The number of esters is 1. The number of likely N-dealkylation sites (N-methyl/N-ethyl adjacent to an activating group) is 1. The first-order valence-corrected chi connectivity index (χ1v) is 9.33. The highest BCUT2D eigenvalue weighted by Gasteiger charge is 2.28. The van der Waals surface area contributed by atoms with Gasteiger partial charge in [0.25, 0.3) is 5.91 Å². The first-order valence-electron chi connectivity index (χ1n) is 9.33. The van der Waals surface area contributed by atoms with Gasteiger partial charge in [0.1, 0.15) is 0 Å². The molecule has 1 fully saturated rings. The van der Waals surface area contributed by atoms with E-state index in [4.69, 9.17) is 4.74 Å². The summed E-state index contributed by atoms with van der Waals surface area (Å²) in [7, 11) is 4.11. The Bertz CT molecular complexity index is 815. The number of likely N-dealkylation sites (tertiary alicyclic amines) is 1. The molecule has 0 aliphatic carbocycles. The Morgan fingerprint density at radius 1 is 1.07 bits per heavy atom. The molecule has 2 aromatic carbocycles. The maximum Gasteiger partial charge on any atom is 0.338 e. The molecule has 142 valence electrons. The molecule has 5 nitrogen and oxygen atoms in total. The molecule has 1 saturated heterocycles. The first-order chi connectivity index (χ1) is 13.0. The van der Waals surface area contributed by atoms with E-state index in [9.17, 15) is 9.59 Å². The van der Waals surface area contributed by atoms with Gasteiger partial charge in [-0.3, -0.25) is 4.79 Å². The zero-order valence-electron chi connectivity index (χ0n) is 16.1. The van der Waals surface area contributed by atoms with Gasteiger partial charge in [0.2, 0.25) is 0 Å². The number of hydrogen-bond acceptors (Lipinski definition) is 4. The van der Waals surface area contributed by atoms with E-state index >= 15 is 0 Å². The average molecular weight is 366 g/mol. The summed E-state index contributed by atoms with van der Waals surface area (Å²) in [5.74, 6) is -0.248. The van der Waals surface area contributed by atoms with Gasteiger partial charge < -0.3 is 14.5 Å². The van der Waals surface area contributed by atoms with Gasteiger partial charge in [-0.05, 0) is 62.8 Å². The largest absolute Gasteiger partial charge is 0.462 e. The highest BCUT2D eigenvalue weighted by molar-refractivity contribution is 5.96. The molecule has 0 saturated carbocycles. The van der Waals surface area contributed by atoms with Gasteiger partial charge in [-0.25, -0.2) is 4.79 Å². The Labute approximate surface area is 160 Å². The highest BCUT2D eigenvalue weighted by atomic mass is 16.5. The topological polar surface area (TPSA) is 49.9 Å². The predicted octanol–water partition coefficient (Wildman–Crippen LogP) is 3.31. The van der Waals surface area contributed by atoms with Crippen LogP contribution in [0.15, 0.2) is 48.5 Å². The average Bonchev–Trinajstić information content (AvgIpc) is 3.18. The Morgan fingerprint density at radius 3 is 2.44 bits per heavy atom. The lowest BCUT2D eigenvalue weighted by atomic mass is 10.0. The summed E-state index contributed by atoms with van der Waals surface area (Å²) in [4.78, 5) is 28.7. The lowest BCUT2D eigenvalue weighted by Crippen LogP contribution is -2.34. The monoisotopic (exact) mass is 366 g/mol. The molecule has 5 heteroatoms. The van der Waals surface area contributed by atoms with E-state index in [2.05, 4.69) is 19.0 Å². The standard InChI is InChI=1S/C22H26N2O3/c1-4-27-22(26)17-10-8-16(9-11-17)18-6-5-7-19(14-18)21(25)24-13-12-20(15-24)23(2)3/h5-11,14,20H,4,12-13,15H2,1-3H3/t20-/m1/s1. The molecule has 1 heterocycles. The molecule has 0 N–H and O–H groups in total. The fraction of sp³-hybridized carbons (Fsp3) is 0.364. The number of benzene rings is 2. The zero-order chi connectivity index (χ0) is 19.4. The second-order valence-electron chi connectivity index (χ2n) is 7.04. The lowest BCUT2D eigenvalue weighted by Gasteiger charge is -2.20. The van der Waals surface area contributed by atoms with Crippen LogP contribution in [0.4, 0.5) is 0 Å². The smallest absolute Gasteiger partial charge is 0.338 e. The van der Waals surface area contributed by atoms with Crippen molar-refractivity contribution in [3.8, 4) is 11.1 Å². The van der Waals surface area contributed by atoms with Crippen molar-refractivity contribution < 1.29 is 14.3 Å². The Morgan fingerprint density at radius 2 is 1.81 bits per heavy atom. The maximum atomic E-state index is 12.9. The van der Waals surface area contributed by atoms with Gasteiger partial charge in [-0.15, -0.1) is 0 Å². The molecule has 1 amide bonds. The van der Waals surface area contributed by atoms with E-state index in [0.29, 0.717) is 23.8 Å². The summed E-state index contributed by atoms with van der Waals surface area (Å²) >= 11 is 0. The molecule has 0 radical (unpaired) electrons. The van der Waals surface area contributed by atoms with Crippen LogP contribution in [-0.4, -0.2) is 61.5 Å². The number of carbonyl (C=O) groups excluding carboxylic acids is 2. The van der Waals surface area contributed by atoms with E-state index in [1.165, 1.54) is 0 Å². The molecule has 0 spiro atoms. The normalized spacial score (nSPS) is 16.6. The summed E-state index contributed by atoms with van der Waals surface area (Å²) in [5, 5.41) is 0. The van der Waals surface area contributed by atoms with E-state index in [1.54, 1.807) is 19.1 Å². The highest BCUT2D eigenvalue weighted by Crippen LogP contribution is 2.23. The van der Waals surface area contributed by atoms with Gasteiger partial charge in [-0.1, -0.05) is 24.3 Å². The van der Waals surface area contributed by atoms with Crippen LogP contribution < -0.4 is 0 Å². The minimum Gasteiger partial charge on any atom is -0.462 e. The van der Waals surface area contributed by atoms with Crippen molar-refractivity contribution in [2.24, 2.45) is 0 Å². The molecule has 3 rings (SSSR count). The molecule has 1 aliphatic rings. The zero-order valence-corrected chi connectivity index (χ0v) is 16.1. The second-order valence-corrected chi connectivity index (χ2v) is 7.04. The van der Waals surface area contributed by atoms with Crippen molar-refractivity contribution in [1.29, 1.82) is 0 Å². The van der Waals surface area contributed by atoms with Gasteiger partial charge in [0.15, 0.2) is 0 Å². The first kappa shape index (κ1) is 19.1. The maximum absolute atomic E-state index is 12.9. The van der Waals surface area contributed by atoms with Crippen molar-refractivity contribution in [1.82, 2.24) is 9.80 Å². The third-order valence-electron chi connectivity index (χ3n) is 5.02. The number of hydrogen-bond donors (Lipinski definition) is 0. The summed E-state index contributed by atoms with van der Waals surface area (Å²) in [6.45, 7) is 3.70. The third-order valence-corrected chi connectivity index (χ3v) is 5.02. The number of carbonyl (C=O) groups is 2. The van der Waals surface area contributed by atoms with E-state index in [-0.39, 0.29) is 11.9 Å². The Hall–Kier alpha value is -2.66. The summed E-state index contributed by atoms with van der Waals surface area (Å²) in [5.41, 5.74) is 3.14. The third kappa shape index (κ3) is 4.37. The minimum atomic E-state index is -0.322. The van der Waals surface area contributed by atoms with Crippen LogP contribution in [0.25, 0.3) is 11.1 Å². The molecule has 1 atom stereocenters. The van der Waals surface area contributed by atoms with Gasteiger partial charge in [-0.2, -0.15) is 0 Å². The molecule has 2 aromatic rings. The van der Waals surface area contributed by atoms with Crippen LogP contribution in [0.1, 0.15) is 34.1 Å². The van der Waals surface area contributed by atoms with E-state index in [1.807, 2.05) is 41.3 Å². The quantitative estimate of drug-likeness (QED) is 0.762. The van der Waals surface area contributed by atoms with Crippen molar-refractivity contribution in [3.63, 3.8) is 0 Å². The van der Waals surface area contributed by atoms with Crippen molar-refractivity contribution in [2.75, 3.05) is 33.8 Å². The van der Waals surface area contributed by atoms with Crippen LogP contribution >= 0.6 is 0 Å². The van der Waals surface area contributed by atoms with Crippen LogP contribution in [0, 0.1) is 0 Å². The van der Waals surface area contributed by atoms with Crippen LogP contribution in [0.3, 0.4) is 0 Å². The second kappa shape index (κ2) is 8.35. The molecule has 0 bridgehead atoms. The summed E-state index contributed by atoms with van der Waals surface area (Å²) < 4.78 is 5.01. The number of nitrogens with zero attached hydrogens (tertiary/aromatic N) is 2. The molecule has 0 unspecified atom stereocenters. The van der Waals surface area contributed by atoms with E-state index < -0.39 is 0 Å². The Balaban J connectivity index is 1.76. The Kier molecular flexibility index (Phi) is 5.91. The SMILES string of the molecule is CCOC(=O)c1ccc(-c2cccc(C(=O)N3CC[C@@H](N(C)C)C3)c2)cc1. The number of amides is 1. The summed E-state index contributed by atoms with van der Waals surface area (Å²) in [6.07, 6.45) is 1.01. The molecule has 27 heavy (non-hydrogen) atoms. The molecule has 1 aliphatic heterocycles. The number of rotatable bonds is 5. The number of ether oxygens (including phenoxy) is 1. The summed E-state index contributed by atoms with van der Waals surface area (Å²) in [6, 6.07) is 15.4. The van der Waals surface area contributed by atoms with Crippen LogP contribution in [0.5, 0.6) is 0 Å². The van der Waals surface area contributed by atoms with Gasteiger partial charge in [0.05, 0.1) is 12.2 Å². The van der Waals surface area contributed by atoms with Crippen molar-refractivity contribution >= 4 is 11.9 Å². The minimum absolute atomic E-state index is 0.0735. The van der Waals surface area contributed by atoms with Crippen molar-refractivity contribution in [3.05, 3.63) is 59.7 Å². The van der Waals surface area contributed by atoms with Crippen LogP contribution in [0.2, 0.25) is 0 Å². The lowest BCUT2D eigenvalue weighted by molar-refractivity contribution is 0.0526. The molecular formula is C22H26N2O3. The van der Waals surface area contributed by atoms with Crippen molar-refractivity contribution in [2.45, 2.75) is 19.4 Å².